The number of nitrogens with one attached hydrogen (secondary N) is 2. The lowest BCUT2D eigenvalue weighted by Gasteiger charge is -2.24. The molecule has 0 spiro atoms. The Hall–Kier alpha value is -1.64. The van der Waals surface area contributed by atoms with Crippen LogP contribution in [0, 0.1) is 4.64 Å². The topological polar surface area (TPSA) is 96.6 Å². The minimum absolute atomic E-state index is 0.105. The Morgan fingerprint density at radius 3 is 2.88 bits per heavy atom. The molecular formula is C16H20FN2O5PS. The Morgan fingerprint density at radius 2 is 2.19 bits per heavy atom. The molecule has 0 aliphatic carbocycles. The molecule has 3 N–H and O–H groups in total. The highest BCUT2D eigenvalue weighted by molar-refractivity contribution is 7.71. The van der Waals surface area contributed by atoms with Crippen molar-refractivity contribution in [3.8, 4) is 5.75 Å². The van der Waals surface area contributed by atoms with Crippen LogP contribution in [-0.4, -0.2) is 34.5 Å². The van der Waals surface area contributed by atoms with Crippen LogP contribution in [-0.2, 0) is 15.7 Å². The molecule has 0 radical (unpaired) electrons. The number of benzene rings is 1. The molecule has 0 saturated carbocycles. The summed E-state index contributed by atoms with van der Waals surface area (Å²) >= 11 is 4.62. The highest BCUT2D eigenvalue weighted by Crippen LogP contribution is 2.46. The maximum absolute atomic E-state index is 11.9. The van der Waals surface area contributed by atoms with Crippen molar-refractivity contribution >= 4 is 20.8 Å². The molecule has 0 bridgehead atoms. The number of alkyl halides is 1. The van der Waals surface area contributed by atoms with E-state index in [4.69, 9.17) is 13.6 Å². The van der Waals surface area contributed by atoms with Crippen molar-refractivity contribution < 1.29 is 23.1 Å². The number of aromatic nitrogens is 2. The molecule has 2 aromatic rings. The van der Waals surface area contributed by atoms with E-state index in [0.717, 1.165) is 11.3 Å². The van der Waals surface area contributed by atoms with Crippen LogP contribution in [0.15, 0.2) is 41.3 Å². The predicted octanol–water partition coefficient (Wildman–Crippen LogP) is 3.38. The lowest BCUT2D eigenvalue weighted by molar-refractivity contribution is 0.0796. The fourth-order valence-electron chi connectivity index (χ4n) is 1.93. The summed E-state index contributed by atoms with van der Waals surface area (Å²) in [5, 5.41) is 9.51. The molecule has 3 rings (SSSR count). The number of halogens is 1. The molecule has 0 saturated heterocycles. The van der Waals surface area contributed by atoms with E-state index in [2.05, 4.69) is 22.2 Å². The van der Waals surface area contributed by atoms with Gasteiger partial charge in [0, 0.05) is 11.8 Å². The van der Waals surface area contributed by atoms with Crippen molar-refractivity contribution in [3.05, 3.63) is 57.2 Å². The van der Waals surface area contributed by atoms with Crippen LogP contribution in [0.2, 0.25) is 0 Å². The van der Waals surface area contributed by atoms with Gasteiger partial charge >= 0.3 is 14.3 Å². The van der Waals surface area contributed by atoms with E-state index in [1.165, 1.54) is 6.20 Å². The fraction of sp³-hybridized carbons (Fsp3) is 0.375. The Kier molecular flexibility index (Phi) is 8.87. The number of aliphatic hydroxyl groups is 1. The lowest BCUT2D eigenvalue weighted by Crippen LogP contribution is -2.16. The van der Waals surface area contributed by atoms with Crippen LogP contribution in [0.5, 0.6) is 5.75 Å². The van der Waals surface area contributed by atoms with Crippen molar-refractivity contribution in [2.24, 2.45) is 0 Å². The van der Waals surface area contributed by atoms with Crippen LogP contribution in [0.1, 0.15) is 18.4 Å². The van der Waals surface area contributed by atoms with Gasteiger partial charge in [0.25, 0.3) is 0 Å². The normalized spacial score (nSPS) is 16.6. The van der Waals surface area contributed by atoms with Gasteiger partial charge in [-0.1, -0.05) is 30.4 Å². The van der Waals surface area contributed by atoms with E-state index in [-0.39, 0.29) is 12.3 Å². The Bertz CT molecular complexity index is 762. The third-order valence-electron chi connectivity index (χ3n) is 3.20. The maximum atomic E-state index is 11.9. The SMILES string of the molecule is O=c1[nH]ccc(=S)[nH]1.OC(CCCF)COP1OCc2ccccc2O1. The first-order valence-electron chi connectivity index (χ1n) is 7.92. The smallest absolute Gasteiger partial charge is 0.397 e. The van der Waals surface area contributed by atoms with Gasteiger partial charge in [-0.05, 0) is 25.0 Å². The second-order valence-electron chi connectivity index (χ2n) is 5.27. The standard InChI is InChI=1S/C12H16FO4P.C4H4N2OS/c13-7-3-5-11(14)9-16-18-15-8-10-4-1-2-6-12(10)17-18;7-4-5-2-1-3(8)6-4/h1-2,4,6,11,14H,3,5,7-9H2;1-2H,(H2,5,6,7,8). The zero-order valence-corrected chi connectivity index (χ0v) is 15.6. The zero-order chi connectivity index (χ0) is 18.8. The molecule has 26 heavy (non-hydrogen) atoms. The largest absolute Gasteiger partial charge is 0.426 e. The van der Waals surface area contributed by atoms with E-state index < -0.39 is 21.4 Å². The van der Waals surface area contributed by atoms with Crippen LogP contribution in [0.25, 0.3) is 0 Å². The molecule has 0 amide bonds. The van der Waals surface area contributed by atoms with E-state index in [9.17, 15) is 14.3 Å². The Balaban J connectivity index is 0.000000254. The van der Waals surface area contributed by atoms with Gasteiger partial charge < -0.3 is 14.6 Å². The third-order valence-corrected chi connectivity index (χ3v) is 4.48. The predicted molar refractivity (Wildman–Crippen MR) is 98.2 cm³/mol. The summed E-state index contributed by atoms with van der Waals surface area (Å²) in [6.45, 7) is 0.128. The number of hydrogen-bond acceptors (Lipinski definition) is 6. The Labute approximate surface area is 156 Å². The summed E-state index contributed by atoms with van der Waals surface area (Å²) in [4.78, 5) is 15.1. The molecule has 142 valence electrons. The Morgan fingerprint density at radius 1 is 1.38 bits per heavy atom. The van der Waals surface area contributed by atoms with Gasteiger partial charge in [0.2, 0.25) is 0 Å². The highest BCUT2D eigenvalue weighted by Gasteiger charge is 2.23. The van der Waals surface area contributed by atoms with Gasteiger partial charge in [0.05, 0.1) is 26.0 Å². The fourth-order valence-corrected chi connectivity index (χ4v) is 3.15. The molecule has 1 aliphatic heterocycles. The van der Waals surface area contributed by atoms with Gasteiger partial charge in [-0.25, -0.2) is 4.79 Å². The molecule has 2 atom stereocenters. The molecule has 1 aromatic carbocycles. The van der Waals surface area contributed by atoms with Crippen LogP contribution in [0.4, 0.5) is 4.39 Å². The van der Waals surface area contributed by atoms with E-state index in [0.29, 0.717) is 24.1 Å². The number of fused-ring (bicyclic) bond motifs is 1. The second kappa shape index (κ2) is 11.2. The van der Waals surface area contributed by atoms with E-state index in [1.54, 1.807) is 6.07 Å². The second-order valence-corrected chi connectivity index (χ2v) is 6.86. The third kappa shape index (κ3) is 7.31. The number of aromatic amines is 2. The number of H-pyrrole nitrogens is 2. The molecule has 2 unspecified atom stereocenters. The summed E-state index contributed by atoms with van der Waals surface area (Å²) in [5.74, 6) is 0.758. The molecule has 7 nitrogen and oxygen atoms in total. The average molecular weight is 402 g/mol. The van der Waals surface area contributed by atoms with Crippen molar-refractivity contribution in [3.63, 3.8) is 0 Å². The number of aliphatic hydroxyl groups excluding tert-OH is 1. The lowest BCUT2D eigenvalue weighted by atomic mass is 10.2. The molecule has 10 heteroatoms. The summed E-state index contributed by atoms with van der Waals surface area (Å²) in [5.41, 5.74) is 0.718. The summed E-state index contributed by atoms with van der Waals surface area (Å²) in [7, 11) is -1.46. The number of hydrogen-bond donors (Lipinski definition) is 3. The van der Waals surface area contributed by atoms with Gasteiger partial charge in [-0.15, -0.1) is 0 Å². The van der Waals surface area contributed by atoms with Gasteiger partial charge in [-0.3, -0.25) is 18.4 Å². The van der Waals surface area contributed by atoms with Gasteiger partial charge in [0.15, 0.2) is 0 Å². The zero-order valence-electron chi connectivity index (χ0n) is 13.9. The maximum Gasteiger partial charge on any atom is 0.397 e. The molecular weight excluding hydrogens is 382 g/mol. The highest BCUT2D eigenvalue weighted by atomic mass is 32.1. The van der Waals surface area contributed by atoms with Crippen molar-refractivity contribution in [1.82, 2.24) is 9.97 Å². The van der Waals surface area contributed by atoms with Gasteiger partial charge in [0.1, 0.15) is 10.4 Å². The van der Waals surface area contributed by atoms with E-state index in [1.807, 2.05) is 24.3 Å². The summed E-state index contributed by atoms with van der Waals surface area (Å²) < 4.78 is 28.6. The van der Waals surface area contributed by atoms with Crippen LogP contribution >= 0.6 is 20.8 Å². The van der Waals surface area contributed by atoms with Crippen LogP contribution in [0.3, 0.4) is 0 Å². The molecule has 2 heterocycles. The van der Waals surface area contributed by atoms with Gasteiger partial charge in [-0.2, -0.15) is 0 Å². The van der Waals surface area contributed by atoms with Crippen LogP contribution < -0.4 is 10.2 Å². The first-order valence-corrected chi connectivity index (χ1v) is 9.42. The number of para-hydroxylation sites is 1. The van der Waals surface area contributed by atoms with Crippen molar-refractivity contribution in [1.29, 1.82) is 0 Å². The summed E-state index contributed by atoms with van der Waals surface area (Å²) in [6, 6.07) is 9.19. The minimum atomic E-state index is -1.46. The van der Waals surface area contributed by atoms with Crippen molar-refractivity contribution in [2.75, 3.05) is 13.3 Å². The quantitative estimate of drug-likeness (QED) is 0.506. The number of rotatable bonds is 6. The average Bonchev–Trinajstić information content (AvgIpc) is 2.65. The molecule has 1 aliphatic rings. The summed E-state index contributed by atoms with van der Waals surface area (Å²) in [6.07, 6.45) is 1.55. The first-order chi connectivity index (χ1) is 12.6. The monoisotopic (exact) mass is 402 g/mol. The molecule has 1 aromatic heterocycles. The molecule has 0 fully saturated rings. The van der Waals surface area contributed by atoms with E-state index >= 15 is 0 Å². The van der Waals surface area contributed by atoms with Crippen molar-refractivity contribution in [2.45, 2.75) is 25.6 Å². The first kappa shape index (κ1) is 20.7. The minimum Gasteiger partial charge on any atom is -0.426 e.